The second-order valence-electron chi connectivity index (χ2n) is 13.1. The first kappa shape index (κ1) is 44.2. The van der Waals surface area contributed by atoms with Gasteiger partial charge in [-0.1, -0.05) is 20.3 Å². The molecule has 4 N–H and O–H groups in total. The number of Topliss-reactive ketones (excluding diaryl/α,β-unsaturated/α-hetero) is 4. The number of hydrogen-bond acceptors (Lipinski definition) is 9. The summed E-state index contributed by atoms with van der Waals surface area (Å²) < 4.78 is 0. The minimum atomic E-state index is -0.673. The van der Waals surface area contributed by atoms with Crippen LogP contribution >= 0.6 is 0 Å². The Hall–Kier alpha value is -3.77. The molecule has 0 aromatic rings. The Bertz CT molecular complexity index is 1110. The molecule has 272 valence electrons. The Labute approximate surface area is 285 Å². The Balaban J connectivity index is 5.38. The number of rotatable bonds is 28. The molecule has 0 aliphatic heterocycles. The fourth-order valence-corrected chi connectivity index (χ4v) is 5.38. The van der Waals surface area contributed by atoms with Gasteiger partial charge in [-0.25, -0.2) is 0 Å². The summed E-state index contributed by atoms with van der Waals surface area (Å²) in [5, 5.41) is 11.3. The minimum absolute atomic E-state index is 0.0249. The van der Waals surface area contributed by atoms with Crippen LogP contribution < -0.4 is 21.3 Å². The lowest BCUT2D eigenvalue weighted by Crippen LogP contribution is -2.44. The Kier molecular flexibility index (Phi) is 23.3. The van der Waals surface area contributed by atoms with Crippen LogP contribution in [0.1, 0.15) is 138 Å². The molecular formula is C35H58N4O9. The molecule has 13 heteroatoms. The fourth-order valence-electron chi connectivity index (χ4n) is 5.38. The fraction of sp³-hybridized carbons (Fsp3) is 0.743. The summed E-state index contributed by atoms with van der Waals surface area (Å²) in [6, 6.07) is -2.24. The average Bonchev–Trinajstić information content (AvgIpc) is 2.95. The Morgan fingerprint density at radius 3 is 1.25 bits per heavy atom. The maximum absolute atomic E-state index is 13.0. The highest BCUT2D eigenvalue weighted by molar-refractivity contribution is 5.83. The first-order valence-corrected chi connectivity index (χ1v) is 17.1. The summed E-state index contributed by atoms with van der Waals surface area (Å²) in [7, 11) is 0. The SMILES string of the molecule is CCCC(CC(C)=O)NC(=O)CC(CCC(C)=O)NC(=O)CCC(CC(C)=O)NC(=O)CC(CCC(C)=O)NC(=O)CC(C)CCC=O. The summed E-state index contributed by atoms with van der Waals surface area (Å²) in [5.41, 5.74) is 0. The first-order chi connectivity index (χ1) is 22.5. The van der Waals surface area contributed by atoms with Crippen LogP contribution in [-0.4, -0.2) is 77.2 Å². The number of nitrogens with one attached hydrogen (secondary N) is 4. The average molecular weight is 679 g/mol. The highest BCUT2D eigenvalue weighted by Gasteiger charge is 2.24. The molecule has 0 bridgehead atoms. The van der Waals surface area contributed by atoms with Crippen molar-refractivity contribution in [3.05, 3.63) is 0 Å². The van der Waals surface area contributed by atoms with Crippen molar-refractivity contribution in [2.24, 2.45) is 5.92 Å². The van der Waals surface area contributed by atoms with Gasteiger partial charge < -0.3 is 35.7 Å². The number of amides is 4. The number of carbonyl (C=O) groups is 9. The molecule has 0 heterocycles. The Morgan fingerprint density at radius 2 is 0.854 bits per heavy atom. The maximum atomic E-state index is 13.0. The zero-order valence-electron chi connectivity index (χ0n) is 29.7. The molecule has 5 unspecified atom stereocenters. The van der Waals surface area contributed by atoms with Gasteiger partial charge in [0.25, 0.3) is 0 Å². The van der Waals surface area contributed by atoms with Crippen LogP contribution in [0.4, 0.5) is 0 Å². The molecule has 0 aliphatic carbocycles. The van der Waals surface area contributed by atoms with Crippen molar-refractivity contribution in [3.8, 4) is 0 Å². The van der Waals surface area contributed by atoms with E-state index >= 15 is 0 Å². The molecular weight excluding hydrogens is 620 g/mol. The zero-order valence-corrected chi connectivity index (χ0v) is 29.7. The third-order valence-corrected chi connectivity index (χ3v) is 7.75. The van der Waals surface area contributed by atoms with Gasteiger partial charge in [0, 0.05) is 82.0 Å². The lowest BCUT2D eigenvalue weighted by atomic mass is 10.00. The highest BCUT2D eigenvalue weighted by Crippen LogP contribution is 2.13. The number of aldehydes is 1. The predicted molar refractivity (Wildman–Crippen MR) is 181 cm³/mol. The number of carbonyl (C=O) groups excluding carboxylic acids is 9. The van der Waals surface area contributed by atoms with Gasteiger partial charge in [-0.05, 0) is 65.7 Å². The lowest BCUT2D eigenvalue weighted by Gasteiger charge is -2.23. The summed E-state index contributed by atoms with van der Waals surface area (Å²) >= 11 is 0. The smallest absolute Gasteiger partial charge is 0.222 e. The van der Waals surface area contributed by atoms with E-state index in [9.17, 15) is 43.2 Å². The van der Waals surface area contributed by atoms with Gasteiger partial charge in [0.1, 0.15) is 29.4 Å². The van der Waals surface area contributed by atoms with Crippen LogP contribution in [0, 0.1) is 5.92 Å². The van der Waals surface area contributed by atoms with Crippen LogP contribution in [-0.2, 0) is 43.2 Å². The number of hydrogen-bond donors (Lipinski definition) is 4. The van der Waals surface area contributed by atoms with E-state index in [4.69, 9.17) is 0 Å². The van der Waals surface area contributed by atoms with Crippen molar-refractivity contribution < 1.29 is 43.2 Å². The van der Waals surface area contributed by atoms with Gasteiger partial charge in [0.05, 0.1) is 0 Å². The molecule has 0 spiro atoms. The van der Waals surface area contributed by atoms with E-state index in [1.807, 2.05) is 13.8 Å². The molecule has 13 nitrogen and oxygen atoms in total. The third kappa shape index (κ3) is 24.4. The summed E-state index contributed by atoms with van der Waals surface area (Å²) in [6.45, 7) is 9.47. The Morgan fingerprint density at radius 1 is 0.479 bits per heavy atom. The van der Waals surface area contributed by atoms with E-state index in [0.717, 1.165) is 12.7 Å². The molecule has 0 fully saturated rings. The molecule has 0 saturated heterocycles. The molecule has 0 aromatic carbocycles. The van der Waals surface area contributed by atoms with Crippen molar-refractivity contribution >= 4 is 53.0 Å². The van der Waals surface area contributed by atoms with E-state index in [0.29, 0.717) is 19.3 Å². The monoisotopic (exact) mass is 678 g/mol. The topological polar surface area (TPSA) is 202 Å². The molecule has 0 saturated carbocycles. The zero-order chi connectivity index (χ0) is 36.6. The lowest BCUT2D eigenvalue weighted by molar-refractivity contribution is -0.127. The second kappa shape index (κ2) is 25.3. The van der Waals surface area contributed by atoms with Gasteiger partial charge in [0.2, 0.25) is 23.6 Å². The quantitative estimate of drug-likeness (QED) is 0.0898. The van der Waals surface area contributed by atoms with E-state index in [1.54, 1.807) is 0 Å². The molecule has 0 aromatic heterocycles. The normalized spacial score (nSPS) is 14.0. The standard InChI is InChI=1S/C35H58N4O9/c1-7-9-28(19-26(5)43)37-34(47)21-30(13-11-24(3)41)36-32(45)16-15-29(20-27(6)44)38-35(48)22-31(14-12-25(4)42)39-33(46)18-23(2)10-8-17-40/h17,23,28-31H,7-16,18-22H2,1-6H3,(H,36,45)(H,37,47)(H,38,48)(H,39,46). The van der Waals surface area contributed by atoms with E-state index < -0.39 is 29.9 Å². The van der Waals surface area contributed by atoms with Gasteiger partial charge in [0.15, 0.2) is 0 Å². The summed E-state index contributed by atoms with van der Waals surface area (Å²) in [4.78, 5) is 109. The second-order valence-corrected chi connectivity index (χ2v) is 13.1. The van der Waals surface area contributed by atoms with E-state index in [1.165, 1.54) is 27.7 Å². The number of ketones is 4. The van der Waals surface area contributed by atoms with Gasteiger partial charge in [-0.3, -0.25) is 28.8 Å². The molecule has 48 heavy (non-hydrogen) atoms. The summed E-state index contributed by atoms with van der Waals surface area (Å²) in [5.74, 6) is -1.97. The largest absolute Gasteiger partial charge is 0.353 e. The molecule has 0 rings (SSSR count). The van der Waals surface area contributed by atoms with Crippen LogP contribution in [0.5, 0.6) is 0 Å². The van der Waals surface area contributed by atoms with Crippen molar-refractivity contribution in [1.29, 1.82) is 0 Å². The minimum Gasteiger partial charge on any atom is -0.353 e. The maximum Gasteiger partial charge on any atom is 0.222 e. The van der Waals surface area contributed by atoms with E-state index in [2.05, 4.69) is 21.3 Å². The van der Waals surface area contributed by atoms with Crippen LogP contribution in [0.3, 0.4) is 0 Å². The molecule has 0 aliphatic rings. The molecule has 0 radical (unpaired) electrons. The van der Waals surface area contributed by atoms with Crippen LogP contribution in [0.25, 0.3) is 0 Å². The summed E-state index contributed by atoms with van der Waals surface area (Å²) in [6.07, 6.45) is 4.12. The van der Waals surface area contributed by atoms with Crippen LogP contribution in [0.15, 0.2) is 0 Å². The van der Waals surface area contributed by atoms with Crippen molar-refractivity contribution in [2.75, 3.05) is 0 Å². The van der Waals surface area contributed by atoms with Crippen molar-refractivity contribution in [1.82, 2.24) is 21.3 Å². The van der Waals surface area contributed by atoms with Gasteiger partial charge >= 0.3 is 0 Å². The predicted octanol–water partition coefficient (Wildman–Crippen LogP) is 2.99. The molecule has 4 amide bonds. The van der Waals surface area contributed by atoms with Crippen molar-refractivity contribution in [3.63, 3.8) is 0 Å². The highest BCUT2D eigenvalue weighted by atomic mass is 16.2. The van der Waals surface area contributed by atoms with Crippen molar-refractivity contribution in [2.45, 2.75) is 162 Å². The van der Waals surface area contributed by atoms with Crippen LogP contribution in [0.2, 0.25) is 0 Å². The van der Waals surface area contributed by atoms with Gasteiger partial charge in [-0.15, -0.1) is 0 Å². The van der Waals surface area contributed by atoms with E-state index in [-0.39, 0.29) is 118 Å². The third-order valence-electron chi connectivity index (χ3n) is 7.75. The van der Waals surface area contributed by atoms with Gasteiger partial charge in [-0.2, -0.15) is 0 Å². The first-order valence-electron chi connectivity index (χ1n) is 17.1. The molecule has 5 atom stereocenters.